The number of esters is 1. The van der Waals surface area contributed by atoms with E-state index in [9.17, 15) is 28.0 Å². The predicted octanol–water partition coefficient (Wildman–Crippen LogP) is 3.17. The number of carbonyl (C=O) groups excluding carboxylic acids is 1. The maximum atomic E-state index is 15.7. The molecule has 11 nitrogen and oxygen atoms in total. The molecular weight excluding hydrogens is 546 g/mol. The third-order valence-corrected chi connectivity index (χ3v) is 8.06. The number of nitrogens with zero attached hydrogens (tertiary/aromatic N) is 2. The maximum Gasteiger partial charge on any atom is 0.380 e. The van der Waals surface area contributed by atoms with Crippen LogP contribution >= 0.6 is 7.60 Å². The lowest BCUT2D eigenvalue weighted by Crippen LogP contribution is -2.48. The first-order valence-electron chi connectivity index (χ1n) is 12.1. The van der Waals surface area contributed by atoms with Crippen molar-refractivity contribution in [1.29, 1.82) is 0 Å². The number of rotatable bonds is 11. The summed E-state index contributed by atoms with van der Waals surface area (Å²) in [5, 5.41) is 10.7. The van der Waals surface area contributed by atoms with Crippen LogP contribution in [0.4, 0.5) is 19.0 Å². The minimum Gasteiger partial charge on any atom is -0.463 e. The Bertz CT molecular complexity index is 1270. The quantitative estimate of drug-likeness (QED) is 0.301. The summed E-state index contributed by atoms with van der Waals surface area (Å²) in [5.74, 6) is -3.49. The number of hydrogen-bond donors (Lipinski definition) is 2. The second-order valence-electron chi connectivity index (χ2n) is 9.52. The van der Waals surface area contributed by atoms with Gasteiger partial charge in [-0.3, -0.25) is 13.9 Å². The van der Waals surface area contributed by atoms with E-state index in [-0.39, 0.29) is 5.75 Å². The molecule has 2 unspecified atom stereocenters. The van der Waals surface area contributed by atoms with E-state index in [0.29, 0.717) is 10.8 Å². The van der Waals surface area contributed by atoms with E-state index < -0.39 is 86.0 Å². The molecule has 1 saturated heterocycles. The largest absolute Gasteiger partial charge is 0.463 e. The average molecular weight is 577 g/mol. The number of carbonyl (C=O) groups is 1. The molecule has 7 atom stereocenters. The molecule has 2 aromatic rings. The van der Waals surface area contributed by atoms with Crippen LogP contribution in [0, 0.1) is 11.7 Å². The highest BCUT2D eigenvalue weighted by Gasteiger charge is 2.61. The minimum absolute atomic E-state index is 0.127. The average Bonchev–Trinajstić information content (AvgIpc) is 3.12. The number of aliphatic hydroxyl groups is 1. The van der Waals surface area contributed by atoms with Gasteiger partial charge in [0.2, 0.25) is 5.67 Å². The van der Waals surface area contributed by atoms with E-state index in [2.05, 4.69) is 4.98 Å². The Morgan fingerprint density at radius 2 is 1.92 bits per heavy atom. The summed E-state index contributed by atoms with van der Waals surface area (Å²) in [4.78, 5) is 27.9. The van der Waals surface area contributed by atoms with E-state index in [0.717, 1.165) is 0 Å². The summed E-state index contributed by atoms with van der Waals surface area (Å²) in [6.45, 7) is 4.14. The van der Waals surface area contributed by atoms with Crippen LogP contribution in [0.5, 0.6) is 5.75 Å². The molecule has 0 spiro atoms. The lowest BCUT2D eigenvalue weighted by Gasteiger charge is -2.29. The first-order valence-corrected chi connectivity index (χ1v) is 13.8. The molecule has 1 fully saturated rings. The van der Waals surface area contributed by atoms with Crippen LogP contribution in [0.15, 0.2) is 41.3 Å². The Kier molecular flexibility index (Phi) is 9.47. The van der Waals surface area contributed by atoms with Crippen molar-refractivity contribution in [2.24, 2.45) is 5.92 Å². The second-order valence-corrected chi connectivity index (χ2v) is 11.5. The number of nitrogens with two attached hydrogens (primary N) is 1. The van der Waals surface area contributed by atoms with Crippen molar-refractivity contribution in [2.45, 2.75) is 64.0 Å². The molecule has 1 aromatic heterocycles. The van der Waals surface area contributed by atoms with Crippen molar-refractivity contribution in [3.8, 4) is 5.75 Å². The molecule has 0 radical (unpaired) electrons. The SMILES string of the molecule is CC(C)OC(=O)[C@H](C)CP(=O)(Oc1ccccc1)O[C@H](C)[C@H]1O[C@@H](n2cc(F)c(N)nc2=O)C(F)(CF)[C@H]1O. The van der Waals surface area contributed by atoms with Gasteiger partial charge in [0, 0.05) is 0 Å². The second kappa shape index (κ2) is 12.1. The van der Waals surface area contributed by atoms with Gasteiger partial charge in [0.05, 0.1) is 30.5 Å². The number of hydrogen-bond acceptors (Lipinski definition) is 10. The Balaban J connectivity index is 1.91. The van der Waals surface area contributed by atoms with Crippen LogP contribution in [-0.4, -0.2) is 63.5 Å². The van der Waals surface area contributed by atoms with Gasteiger partial charge >= 0.3 is 19.3 Å². The van der Waals surface area contributed by atoms with E-state index in [1.165, 1.54) is 26.0 Å². The maximum absolute atomic E-state index is 15.7. The van der Waals surface area contributed by atoms with Crippen molar-refractivity contribution in [1.82, 2.24) is 9.55 Å². The zero-order valence-corrected chi connectivity index (χ0v) is 22.6. The Labute approximate surface area is 222 Å². The molecule has 39 heavy (non-hydrogen) atoms. The van der Waals surface area contributed by atoms with Crippen LogP contribution in [0.3, 0.4) is 0 Å². The number of ether oxygens (including phenoxy) is 2. The fraction of sp³-hybridized carbons (Fsp3) is 0.542. The standard InChI is InChI=1S/C24H31F3N3O8P/c1-13(2)35-21(32)14(3)11-39(34,38-16-8-6-5-7-9-16)37-15(4)18-19(31)24(27,12-25)22(36-18)30-10-17(26)20(28)29-23(30)33/h5-10,13-15,18-19,22,31H,11-12H2,1-4H3,(H2,28,29,33)/t14-,15-,18-,19+,22-,24?,39?/m1/s1. The van der Waals surface area contributed by atoms with Crippen molar-refractivity contribution < 1.29 is 46.2 Å². The Morgan fingerprint density at radius 1 is 1.28 bits per heavy atom. The fourth-order valence-electron chi connectivity index (χ4n) is 4.01. The molecule has 3 rings (SSSR count). The zero-order chi connectivity index (χ0) is 29.1. The molecule has 3 N–H and O–H groups in total. The van der Waals surface area contributed by atoms with Gasteiger partial charge < -0.3 is 24.8 Å². The first kappa shape index (κ1) is 30.6. The molecule has 0 aliphatic carbocycles. The van der Waals surface area contributed by atoms with E-state index in [1.54, 1.807) is 32.0 Å². The number of alkyl halides is 2. The van der Waals surface area contributed by atoms with E-state index in [4.69, 9.17) is 24.3 Å². The van der Waals surface area contributed by atoms with Crippen LogP contribution in [0.25, 0.3) is 0 Å². The summed E-state index contributed by atoms with van der Waals surface area (Å²) in [7, 11) is -4.26. The lowest BCUT2D eigenvalue weighted by molar-refractivity contribution is -0.151. The van der Waals surface area contributed by atoms with Crippen molar-refractivity contribution in [3.63, 3.8) is 0 Å². The molecule has 1 aliphatic heterocycles. The number of benzene rings is 1. The monoisotopic (exact) mass is 577 g/mol. The van der Waals surface area contributed by atoms with Gasteiger partial charge in [0.25, 0.3) is 0 Å². The summed E-state index contributed by atoms with van der Waals surface area (Å²) in [5.41, 5.74) is 0.757. The minimum atomic E-state index is -4.26. The fourth-order valence-corrected chi connectivity index (χ4v) is 6.10. The van der Waals surface area contributed by atoms with Crippen LogP contribution in [0.2, 0.25) is 0 Å². The van der Waals surface area contributed by atoms with Gasteiger partial charge in [-0.1, -0.05) is 25.1 Å². The molecule has 0 saturated carbocycles. The molecule has 1 aromatic carbocycles. The molecule has 15 heteroatoms. The third-order valence-electron chi connectivity index (χ3n) is 5.92. The summed E-state index contributed by atoms with van der Waals surface area (Å²) in [6.07, 6.45) is -8.03. The van der Waals surface area contributed by atoms with Gasteiger partial charge in [-0.05, 0) is 32.9 Å². The topological polar surface area (TPSA) is 152 Å². The molecule has 216 valence electrons. The molecule has 1 aliphatic rings. The van der Waals surface area contributed by atoms with Crippen LogP contribution in [0.1, 0.15) is 33.9 Å². The third kappa shape index (κ3) is 6.81. The van der Waals surface area contributed by atoms with Crippen LogP contribution in [-0.2, 0) is 23.4 Å². The highest BCUT2D eigenvalue weighted by molar-refractivity contribution is 7.54. The summed E-state index contributed by atoms with van der Waals surface area (Å²) >= 11 is 0. The molecule has 2 heterocycles. The number of halogens is 3. The number of aromatic nitrogens is 2. The van der Waals surface area contributed by atoms with Gasteiger partial charge in [-0.2, -0.15) is 4.98 Å². The Morgan fingerprint density at radius 3 is 2.51 bits per heavy atom. The Hall–Kier alpha value is -2.93. The predicted molar refractivity (Wildman–Crippen MR) is 133 cm³/mol. The number of para-hydroxylation sites is 1. The highest BCUT2D eigenvalue weighted by atomic mass is 31.2. The number of nitrogen functional groups attached to an aromatic ring is 1. The summed E-state index contributed by atoms with van der Waals surface area (Å²) < 4.78 is 79.8. The van der Waals surface area contributed by atoms with Gasteiger partial charge in [0.15, 0.2) is 17.9 Å². The normalized spacial score (nSPS) is 26.1. The number of aliphatic hydroxyl groups excluding tert-OH is 1. The van der Waals surface area contributed by atoms with E-state index >= 15 is 4.39 Å². The van der Waals surface area contributed by atoms with Gasteiger partial charge in [-0.25, -0.2) is 22.5 Å². The lowest BCUT2D eigenvalue weighted by atomic mass is 9.95. The zero-order valence-electron chi connectivity index (χ0n) is 21.7. The van der Waals surface area contributed by atoms with Crippen LogP contribution < -0.4 is 15.9 Å². The number of anilines is 1. The molecular formula is C24H31F3N3O8P. The molecule has 0 amide bonds. The van der Waals surface area contributed by atoms with Gasteiger partial charge in [0.1, 0.15) is 24.6 Å². The first-order chi connectivity index (χ1) is 18.2. The van der Waals surface area contributed by atoms with Crippen molar-refractivity contribution in [2.75, 3.05) is 18.6 Å². The van der Waals surface area contributed by atoms with Gasteiger partial charge in [-0.15, -0.1) is 0 Å². The smallest absolute Gasteiger partial charge is 0.380 e. The molecule has 0 bridgehead atoms. The van der Waals surface area contributed by atoms with E-state index in [1.807, 2.05) is 0 Å². The highest BCUT2D eigenvalue weighted by Crippen LogP contribution is 2.53. The summed E-state index contributed by atoms with van der Waals surface area (Å²) in [6, 6.07) is 7.86. The van der Waals surface area contributed by atoms with Crippen molar-refractivity contribution >= 4 is 19.4 Å². The van der Waals surface area contributed by atoms with Crippen molar-refractivity contribution in [3.05, 3.63) is 52.8 Å².